The van der Waals surface area contributed by atoms with Crippen LogP contribution in [-0.4, -0.2) is 14.4 Å². The van der Waals surface area contributed by atoms with E-state index >= 15 is 0 Å². The molecule has 0 aliphatic rings. The predicted molar refractivity (Wildman–Crippen MR) is 77.8 cm³/mol. The molecule has 3 heterocycles. The smallest absolute Gasteiger partial charge is 0.137 e. The van der Waals surface area contributed by atoms with E-state index in [-0.39, 0.29) is 6.42 Å². The van der Waals surface area contributed by atoms with Crippen molar-refractivity contribution >= 4 is 28.8 Å². The van der Waals surface area contributed by atoms with E-state index in [2.05, 4.69) is 16.0 Å². The molecule has 0 aliphatic heterocycles. The summed E-state index contributed by atoms with van der Waals surface area (Å²) >= 11 is 11.8. The summed E-state index contributed by atoms with van der Waals surface area (Å²) in [6, 6.07) is 9.25. The summed E-state index contributed by atoms with van der Waals surface area (Å²) in [4.78, 5) is 8.78. The lowest BCUT2D eigenvalue weighted by Gasteiger charge is -2.01. The van der Waals surface area contributed by atoms with Crippen LogP contribution in [0.5, 0.6) is 0 Å². The molecule has 0 fully saturated rings. The highest BCUT2D eigenvalue weighted by molar-refractivity contribution is 6.30. The van der Waals surface area contributed by atoms with Crippen LogP contribution in [0.3, 0.4) is 0 Å². The maximum absolute atomic E-state index is 9.02. The fraction of sp³-hybridized carbons (Fsp3) is 0.0714. The predicted octanol–water partition coefficient (Wildman–Crippen LogP) is 3.77. The second-order valence-electron chi connectivity index (χ2n) is 4.18. The number of fused-ring (bicyclic) bond motifs is 1. The zero-order valence-electron chi connectivity index (χ0n) is 10.2. The van der Waals surface area contributed by atoms with Crippen molar-refractivity contribution in [2.45, 2.75) is 6.42 Å². The highest BCUT2D eigenvalue weighted by atomic mass is 35.5. The number of hydrogen-bond acceptors (Lipinski definition) is 3. The average Bonchev–Trinajstić information content (AvgIpc) is 2.79. The zero-order valence-corrected chi connectivity index (χ0v) is 11.7. The molecule has 0 saturated heterocycles. The fourth-order valence-corrected chi connectivity index (χ4v) is 2.30. The van der Waals surface area contributed by atoms with Crippen molar-refractivity contribution in [2.24, 2.45) is 0 Å². The van der Waals surface area contributed by atoms with Gasteiger partial charge in [0.25, 0.3) is 0 Å². The number of hydrogen-bond donors (Lipinski definition) is 0. The number of imidazole rings is 1. The Hall–Kier alpha value is -2.09. The van der Waals surface area contributed by atoms with Crippen LogP contribution in [0.25, 0.3) is 17.0 Å². The van der Waals surface area contributed by atoms with Crippen LogP contribution in [0.15, 0.2) is 36.7 Å². The van der Waals surface area contributed by atoms with Gasteiger partial charge in [-0.15, -0.1) is 0 Å². The lowest BCUT2D eigenvalue weighted by atomic mass is 10.2. The summed E-state index contributed by atoms with van der Waals surface area (Å²) in [5, 5.41) is 10.2. The monoisotopic (exact) mass is 302 g/mol. The molecule has 3 aromatic heterocycles. The molecule has 0 aliphatic carbocycles. The van der Waals surface area contributed by atoms with Crippen molar-refractivity contribution in [3.8, 4) is 17.5 Å². The van der Waals surface area contributed by atoms with E-state index < -0.39 is 0 Å². The van der Waals surface area contributed by atoms with Gasteiger partial charge in [-0.1, -0.05) is 23.2 Å². The van der Waals surface area contributed by atoms with Gasteiger partial charge in [0.2, 0.25) is 0 Å². The minimum absolute atomic E-state index is 0.223. The van der Waals surface area contributed by atoms with Gasteiger partial charge in [-0.2, -0.15) is 5.26 Å². The van der Waals surface area contributed by atoms with Gasteiger partial charge in [-0.05, 0) is 24.3 Å². The first-order chi connectivity index (χ1) is 9.69. The SMILES string of the molecule is N#CCc1c(-c2ccc(Cl)cn2)nc2ccc(Cl)cn12. The van der Waals surface area contributed by atoms with Gasteiger partial charge in [-0.3, -0.25) is 4.98 Å². The van der Waals surface area contributed by atoms with Crippen LogP contribution >= 0.6 is 23.2 Å². The molecule has 0 radical (unpaired) electrons. The maximum Gasteiger partial charge on any atom is 0.137 e. The number of halogens is 2. The van der Waals surface area contributed by atoms with Crippen molar-refractivity contribution in [1.29, 1.82) is 5.26 Å². The second-order valence-corrected chi connectivity index (χ2v) is 5.05. The molecule has 20 heavy (non-hydrogen) atoms. The lowest BCUT2D eigenvalue weighted by molar-refractivity contribution is 1.05. The van der Waals surface area contributed by atoms with Gasteiger partial charge < -0.3 is 4.40 Å². The second kappa shape index (κ2) is 5.12. The van der Waals surface area contributed by atoms with Gasteiger partial charge in [0.15, 0.2) is 0 Å². The average molecular weight is 303 g/mol. The van der Waals surface area contributed by atoms with Crippen LogP contribution in [0.1, 0.15) is 5.69 Å². The van der Waals surface area contributed by atoms with E-state index in [1.807, 2.05) is 10.5 Å². The molecule has 0 unspecified atom stereocenters. The third-order valence-electron chi connectivity index (χ3n) is 2.90. The first kappa shape index (κ1) is 12.9. The molecule has 0 bridgehead atoms. The third kappa shape index (κ3) is 2.22. The summed E-state index contributed by atoms with van der Waals surface area (Å²) in [6.07, 6.45) is 3.53. The van der Waals surface area contributed by atoms with E-state index in [1.54, 1.807) is 30.6 Å². The van der Waals surface area contributed by atoms with Crippen molar-refractivity contribution < 1.29 is 0 Å². The fourth-order valence-electron chi connectivity index (χ4n) is 2.03. The first-order valence-electron chi connectivity index (χ1n) is 5.84. The van der Waals surface area contributed by atoms with Gasteiger partial charge in [0.05, 0.1) is 33.9 Å². The van der Waals surface area contributed by atoms with Crippen LogP contribution < -0.4 is 0 Å². The molecule has 0 N–H and O–H groups in total. The first-order valence-corrected chi connectivity index (χ1v) is 6.60. The molecule has 0 aromatic carbocycles. The summed E-state index contributed by atoms with van der Waals surface area (Å²) in [7, 11) is 0. The minimum atomic E-state index is 0.223. The Labute approximate surface area is 125 Å². The Bertz CT molecular complexity index is 816. The summed E-state index contributed by atoms with van der Waals surface area (Å²) in [5.74, 6) is 0. The lowest BCUT2D eigenvalue weighted by Crippen LogP contribution is -1.94. The quantitative estimate of drug-likeness (QED) is 0.724. The molecule has 4 nitrogen and oxygen atoms in total. The van der Waals surface area contributed by atoms with E-state index in [1.165, 1.54) is 0 Å². The van der Waals surface area contributed by atoms with Gasteiger partial charge in [0, 0.05) is 12.4 Å². The number of rotatable bonds is 2. The number of nitrogens with zero attached hydrogens (tertiary/aromatic N) is 4. The summed E-state index contributed by atoms with van der Waals surface area (Å²) < 4.78 is 1.82. The standard InChI is InChI=1S/C14H8Cl2N4/c15-9-1-3-11(18-7-9)14-12(5-6-17)20-8-10(16)2-4-13(20)19-14/h1-4,7-8H,5H2. The molecule has 0 atom stereocenters. The van der Waals surface area contributed by atoms with Crippen LogP contribution in [0.4, 0.5) is 0 Å². The van der Waals surface area contributed by atoms with E-state index in [4.69, 9.17) is 28.5 Å². The van der Waals surface area contributed by atoms with Crippen LogP contribution in [0.2, 0.25) is 10.0 Å². The Kier molecular flexibility index (Phi) is 3.31. The molecular formula is C14H8Cl2N4. The molecule has 6 heteroatoms. The Balaban J connectivity index is 2.26. The van der Waals surface area contributed by atoms with E-state index in [0.717, 1.165) is 11.3 Å². The molecule has 0 saturated carbocycles. The molecular weight excluding hydrogens is 295 g/mol. The van der Waals surface area contributed by atoms with Crippen LogP contribution in [0, 0.1) is 11.3 Å². The van der Waals surface area contributed by atoms with Gasteiger partial charge in [0.1, 0.15) is 11.3 Å². The topological polar surface area (TPSA) is 54.0 Å². The normalized spacial score (nSPS) is 10.7. The minimum Gasteiger partial charge on any atom is -0.301 e. The molecule has 98 valence electrons. The zero-order chi connectivity index (χ0) is 14.1. The third-order valence-corrected chi connectivity index (χ3v) is 3.35. The highest BCUT2D eigenvalue weighted by Crippen LogP contribution is 2.25. The highest BCUT2D eigenvalue weighted by Gasteiger charge is 2.15. The largest absolute Gasteiger partial charge is 0.301 e. The maximum atomic E-state index is 9.02. The van der Waals surface area contributed by atoms with E-state index in [0.29, 0.717) is 21.4 Å². The summed E-state index contributed by atoms with van der Waals surface area (Å²) in [6.45, 7) is 0. The van der Waals surface area contributed by atoms with Crippen molar-refractivity contribution in [3.63, 3.8) is 0 Å². The van der Waals surface area contributed by atoms with Crippen molar-refractivity contribution in [2.75, 3.05) is 0 Å². The Morgan fingerprint density at radius 3 is 2.65 bits per heavy atom. The Morgan fingerprint density at radius 2 is 1.95 bits per heavy atom. The number of pyridine rings is 2. The summed E-state index contributed by atoms with van der Waals surface area (Å²) in [5.41, 5.74) is 2.84. The molecule has 3 rings (SSSR count). The molecule has 0 amide bonds. The number of nitriles is 1. The van der Waals surface area contributed by atoms with Gasteiger partial charge >= 0.3 is 0 Å². The Morgan fingerprint density at radius 1 is 1.15 bits per heavy atom. The van der Waals surface area contributed by atoms with Gasteiger partial charge in [-0.25, -0.2) is 4.98 Å². The molecule has 0 spiro atoms. The molecule has 3 aromatic rings. The van der Waals surface area contributed by atoms with Crippen molar-refractivity contribution in [1.82, 2.24) is 14.4 Å². The van der Waals surface area contributed by atoms with E-state index in [9.17, 15) is 0 Å². The van der Waals surface area contributed by atoms with Crippen LogP contribution in [-0.2, 0) is 6.42 Å². The van der Waals surface area contributed by atoms with Crippen molar-refractivity contribution in [3.05, 3.63) is 52.4 Å². The number of aromatic nitrogens is 3.